The van der Waals surface area contributed by atoms with Gasteiger partial charge in [-0.3, -0.25) is 0 Å². The third kappa shape index (κ3) is 7.25. The molecule has 0 fully saturated rings. The van der Waals surface area contributed by atoms with Crippen LogP contribution in [-0.2, 0) is 32.9 Å². The van der Waals surface area contributed by atoms with Crippen LogP contribution in [0.5, 0.6) is 0 Å². The summed E-state index contributed by atoms with van der Waals surface area (Å²) in [6.07, 6.45) is 2.62. The van der Waals surface area contributed by atoms with Crippen LogP contribution in [-0.4, -0.2) is 9.55 Å². The van der Waals surface area contributed by atoms with Gasteiger partial charge >= 0.3 is 0 Å². The van der Waals surface area contributed by atoms with E-state index in [0.717, 1.165) is 56.1 Å². The van der Waals surface area contributed by atoms with E-state index in [2.05, 4.69) is 247 Å². The van der Waals surface area contributed by atoms with Crippen molar-refractivity contribution in [1.29, 1.82) is 0 Å². The van der Waals surface area contributed by atoms with Crippen molar-refractivity contribution in [3.63, 3.8) is 0 Å². The van der Waals surface area contributed by atoms with Crippen molar-refractivity contribution in [1.82, 2.24) is 9.55 Å². The molecule has 1 aliphatic rings. The fraction of sp³-hybridized carbons (Fsp3) is 0.0690. The van der Waals surface area contributed by atoms with E-state index < -0.39 is 0 Å². The molecule has 1 aliphatic heterocycles. The van der Waals surface area contributed by atoms with Gasteiger partial charge in [-0.2, -0.15) is 53.6 Å². The molecule has 0 radical (unpaired) electrons. The minimum atomic E-state index is -0.201. The molecule has 0 bridgehead atoms. The summed E-state index contributed by atoms with van der Waals surface area (Å²) in [4.78, 5) is 9.60. The van der Waals surface area contributed by atoms with E-state index in [-0.39, 0.29) is 26.5 Å². The van der Waals surface area contributed by atoms with Gasteiger partial charge in [0.15, 0.2) is 0 Å². The summed E-state index contributed by atoms with van der Waals surface area (Å²) in [6.45, 7) is 6.79. The van der Waals surface area contributed by atoms with Gasteiger partial charge in [-0.15, -0.1) is 17.7 Å². The van der Waals surface area contributed by atoms with E-state index in [4.69, 9.17) is 4.98 Å². The molecule has 0 saturated carbocycles. The van der Waals surface area contributed by atoms with Crippen LogP contribution in [0.25, 0.3) is 49.9 Å². The number of hydrogen-bond acceptors (Lipinski definition) is 3. The molecule has 2 aromatic heterocycles. The van der Waals surface area contributed by atoms with Crippen LogP contribution in [0.1, 0.15) is 36.1 Å². The largest absolute Gasteiger partial charge is 0.493 e. The first-order valence-corrected chi connectivity index (χ1v) is 21.3. The van der Waals surface area contributed by atoms with Crippen LogP contribution in [0.2, 0.25) is 0 Å². The number of anilines is 4. The first-order chi connectivity index (χ1) is 30.5. The Morgan fingerprint density at radius 3 is 1.84 bits per heavy atom. The van der Waals surface area contributed by atoms with Gasteiger partial charge in [-0.1, -0.05) is 159 Å². The average Bonchev–Trinajstić information content (AvgIpc) is 3.88. The Labute approximate surface area is 384 Å². The standard InChI is InChI=1S/C58H43N4.Pt/c1-58(2,45-23-10-5-11-24-45)46-34-35-59-56(39-46)62-52-29-13-12-26-50(52)51-33-32-42(38-55(51)62)36-41-18-16-25-47(37-41)60-40-61(54-31-15-14-30-53(54)60)57-48(43-19-6-3-7-20-43)27-17-28-49(57)44-21-8-4-9-22-44;/h3-35,39-40H,36H2,1-2H3;/q-3;. The molecule has 0 atom stereocenters. The van der Waals surface area contributed by atoms with E-state index in [1.54, 1.807) is 0 Å². The summed E-state index contributed by atoms with van der Waals surface area (Å²) >= 11 is 0. The number of aromatic nitrogens is 2. The number of benzene rings is 8. The molecule has 63 heavy (non-hydrogen) atoms. The second-order valence-electron chi connectivity index (χ2n) is 16.5. The van der Waals surface area contributed by atoms with Crippen molar-refractivity contribution >= 4 is 44.6 Å². The zero-order chi connectivity index (χ0) is 41.6. The maximum absolute atomic E-state index is 4.97. The molecular formula is C58H43N4Pt-3. The predicted octanol–water partition coefficient (Wildman–Crippen LogP) is 14.4. The second kappa shape index (κ2) is 16.7. The van der Waals surface area contributed by atoms with Gasteiger partial charge in [0.05, 0.1) is 0 Å². The Balaban J connectivity index is 0.00000471. The molecule has 5 heteroatoms. The van der Waals surface area contributed by atoms with E-state index >= 15 is 0 Å². The zero-order valence-corrected chi connectivity index (χ0v) is 37.3. The monoisotopic (exact) mass is 990 g/mol. The molecule has 10 aromatic rings. The number of para-hydroxylation sites is 4. The number of fused-ring (bicyclic) bond motifs is 4. The molecule has 11 rings (SSSR count). The van der Waals surface area contributed by atoms with Crippen LogP contribution in [0.3, 0.4) is 0 Å². The minimum absolute atomic E-state index is 0. The smallest absolute Gasteiger partial charge is 0.135 e. The Morgan fingerprint density at radius 1 is 0.524 bits per heavy atom. The van der Waals surface area contributed by atoms with Gasteiger partial charge in [-0.25, -0.2) is 4.98 Å². The van der Waals surface area contributed by atoms with Gasteiger partial charge in [0.1, 0.15) is 5.82 Å². The molecular weight excluding hydrogens is 948 g/mol. The van der Waals surface area contributed by atoms with Crippen LogP contribution in [0.15, 0.2) is 206 Å². The van der Waals surface area contributed by atoms with Crippen LogP contribution in [0, 0.1) is 18.8 Å². The topological polar surface area (TPSA) is 24.3 Å². The first kappa shape index (κ1) is 40.1. The molecule has 0 saturated heterocycles. The number of hydrogen-bond donors (Lipinski definition) is 0. The summed E-state index contributed by atoms with van der Waals surface area (Å²) in [6, 6.07) is 79.0. The van der Waals surface area contributed by atoms with Crippen molar-refractivity contribution < 1.29 is 21.1 Å². The maximum Gasteiger partial charge on any atom is 0.135 e. The molecule has 0 unspecified atom stereocenters. The number of rotatable bonds is 9. The molecule has 0 spiro atoms. The van der Waals surface area contributed by atoms with Crippen LogP contribution in [0.4, 0.5) is 22.7 Å². The van der Waals surface area contributed by atoms with Crippen molar-refractivity contribution in [2.45, 2.75) is 25.7 Å². The summed E-state index contributed by atoms with van der Waals surface area (Å²) < 4.78 is 2.28. The Bertz CT molecular complexity index is 3170. The molecule has 0 aliphatic carbocycles. The molecule has 8 aromatic carbocycles. The van der Waals surface area contributed by atoms with E-state index in [0.29, 0.717) is 6.42 Å². The maximum atomic E-state index is 4.97. The second-order valence-corrected chi connectivity index (χ2v) is 16.5. The van der Waals surface area contributed by atoms with Gasteiger partial charge in [0.25, 0.3) is 0 Å². The Hall–Kier alpha value is -7.00. The van der Waals surface area contributed by atoms with Crippen molar-refractivity contribution in [2.75, 3.05) is 9.80 Å². The van der Waals surface area contributed by atoms with Crippen LogP contribution >= 0.6 is 0 Å². The SMILES string of the molecule is CC(C)(c1ccccc1)c1ccnc(-n2c3[c-]c(Cc4[c-]c(N5[CH-]N(c6c(-c7ccccc7)cccc6-c6ccccc6)c6ccccc65)ccc4)ccc3c3ccccc32)c1.[Pt]. The van der Waals surface area contributed by atoms with Crippen LogP contribution < -0.4 is 9.80 Å². The number of pyridine rings is 1. The van der Waals surface area contributed by atoms with Crippen molar-refractivity contribution in [3.05, 3.63) is 247 Å². The van der Waals surface area contributed by atoms with Crippen molar-refractivity contribution in [2.24, 2.45) is 0 Å². The summed E-state index contributed by atoms with van der Waals surface area (Å²) in [5.41, 5.74) is 15.6. The normalized spacial score (nSPS) is 12.4. The quantitative estimate of drug-likeness (QED) is 0.135. The third-order valence-electron chi connectivity index (χ3n) is 12.4. The van der Waals surface area contributed by atoms with E-state index in [1.807, 2.05) is 6.20 Å². The zero-order valence-electron chi connectivity index (χ0n) is 35.0. The molecule has 0 N–H and O–H groups in total. The Kier molecular flexibility index (Phi) is 10.6. The fourth-order valence-corrected chi connectivity index (χ4v) is 9.16. The predicted molar refractivity (Wildman–Crippen MR) is 256 cm³/mol. The van der Waals surface area contributed by atoms with Gasteiger partial charge in [-0.05, 0) is 64.4 Å². The van der Waals surface area contributed by atoms with Gasteiger partial charge < -0.3 is 14.4 Å². The van der Waals surface area contributed by atoms with E-state index in [1.165, 1.54) is 38.8 Å². The first-order valence-electron chi connectivity index (χ1n) is 21.3. The molecule has 3 heterocycles. The fourth-order valence-electron chi connectivity index (χ4n) is 9.16. The summed E-state index contributed by atoms with van der Waals surface area (Å²) in [5, 5.41) is 2.34. The number of nitrogens with zero attached hydrogens (tertiary/aromatic N) is 4. The van der Waals surface area contributed by atoms with Crippen molar-refractivity contribution in [3.8, 4) is 28.1 Å². The summed E-state index contributed by atoms with van der Waals surface area (Å²) in [7, 11) is 0. The molecule has 308 valence electrons. The Morgan fingerprint density at radius 2 is 1.13 bits per heavy atom. The molecule has 4 nitrogen and oxygen atoms in total. The molecule has 0 amide bonds. The minimum Gasteiger partial charge on any atom is -0.493 e. The van der Waals surface area contributed by atoms with Gasteiger partial charge in [0, 0.05) is 66.4 Å². The third-order valence-corrected chi connectivity index (χ3v) is 12.4. The van der Waals surface area contributed by atoms with E-state index in [9.17, 15) is 0 Å². The average molecular weight is 991 g/mol. The summed E-state index contributed by atoms with van der Waals surface area (Å²) in [5.74, 6) is 0.886. The van der Waals surface area contributed by atoms with Gasteiger partial charge in [0.2, 0.25) is 0 Å².